The van der Waals surface area contributed by atoms with E-state index in [0.29, 0.717) is 25.9 Å². The van der Waals surface area contributed by atoms with Gasteiger partial charge in [0.05, 0.1) is 9.82 Å². The number of hydrogen-bond acceptors (Lipinski definition) is 6. The SMILES string of the molecule is O=C(COc1ccc(S(=O)(=O)N2CCCC2)cc1[N+](=O)[O-])NCC(F)(F)F. The number of sulfonamides is 1. The number of nitrogens with zero attached hydrogens (tertiary/aromatic N) is 2. The smallest absolute Gasteiger partial charge is 0.405 e. The molecule has 1 aromatic rings. The van der Waals surface area contributed by atoms with Crippen molar-refractivity contribution in [3.63, 3.8) is 0 Å². The third kappa shape index (κ3) is 5.53. The lowest BCUT2D eigenvalue weighted by molar-refractivity contribution is -0.386. The van der Waals surface area contributed by atoms with Crippen molar-refractivity contribution in [2.45, 2.75) is 23.9 Å². The number of nitro groups is 1. The predicted octanol–water partition coefficient (Wildman–Crippen LogP) is 1.44. The van der Waals surface area contributed by atoms with Crippen molar-refractivity contribution < 1.29 is 36.0 Å². The second kappa shape index (κ2) is 8.08. The van der Waals surface area contributed by atoms with Crippen molar-refractivity contribution in [2.24, 2.45) is 0 Å². The highest BCUT2D eigenvalue weighted by Crippen LogP contribution is 2.31. The van der Waals surface area contributed by atoms with Crippen LogP contribution >= 0.6 is 0 Å². The first-order valence-corrected chi connectivity index (χ1v) is 9.19. The van der Waals surface area contributed by atoms with Gasteiger partial charge in [0.2, 0.25) is 10.0 Å². The maximum Gasteiger partial charge on any atom is 0.405 e. The average Bonchev–Trinajstić information content (AvgIpc) is 3.12. The zero-order valence-corrected chi connectivity index (χ0v) is 14.7. The van der Waals surface area contributed by atoms with E-state index >= 15 is 0 Å². The molecular formula is C14H16F3N3O6S. The normalized spacial score (nSPS) is 15.5. The van der Waals surface area contributed by atoms with Crippen LogP contribution in [0.5, 0.6) is 5.75 Å². The minimum Gasteiger partial charge on any atom is -0.477 e. The number of benzene rings is 1. The number of nitrogens with one attached hydrogen (secondary N) is 1. The molecule has 0 saturated carbocycles. The molecular weight excluding hydrogens is 395 g/mol. The molecule has 1 fully saturated rings. The van der Waals surface area contributed by atoms with E-state index in [4.69, 9.17) is 4.74 Å². The van der Waals surface area contributed by atoms with E-state index in [1.807, 2.05) is 0 Å². The van der Waals surface area contributed by atoms with E-state index in [2.05, 4.69) is 0 Å². The number of carbonyl (C=O) groups excluding carboxylic acids is 1. The molecule has 1 aromatic carbocycles. The van der Waals surface area contributed by atoms with Gasteiger partial charge in [0.15, 0.2) is 12.4 Å². The zero-order valence-electron chi connectivity index (χ0n) is 13.9. The molecule has 1 amide bonds. The van der Waals surface area contributed by atoms with E-state index in [0.717, 1.165) is 18.2 Å². The van der Waals surface area contributed by atoms with E-state index < -0.39 is 51.6 Å². The summed E-state index contributed by atoms with van der Waals surface area (Å²) in [4.78, 5) is 21.3. The maximum atomic E-state index is 12.5. The van der Waals surface area contributed by atoms with E-state index in [-0.39, 0.29) is 4.90 Å². The quantitative estimate of drug-likeness (QED) is 0.536. The van der Waals surface area contributed by atoms with Crippen LogP contribution < -0.4 is 10.1 Å². The highest BCUT2D eigenvalue weighted by molar-refractivity contribution is 7.89. The highest BCUT2D eigenvalue weighted by atomic mass is 32.2. The largest absolute Gasteiger partial charge is 0.477 e. The van der Waals surface area contributed by atoms with Crippen molar-refractivity contribution in [3.05, 3.63) is 28.3 Å². The van der Waals surface area contributed by atoms with Crippen molar-refractivity contribution in [2.75, 3.05) is 26.2 Å². The summed E-state index contributed by atoms with van der Waals surface area (Å²) in [5, 5.41) is 12.7. The maximum absolute atomic E-state index is 12.5. The highest BCUT2D eigenvalue weighted by Gasteiger charge is 2.30. The summed E-state index contributed by atoms with van der Waals surface area (Å²) in [6.07, 6.45) is -3.22. The fourth-order valence-corrected chi connectivity index (χ4v) is 3.93. The number of rotatable bonds is 7. The third-order valence-electron chi connectivity index (χ3n) is 3.67. The van der Waals surface area contributed by atoms with E-state index in [1.54, 1.807) is 5.32 Å². The first-order valence-electron chi connectivity index (χ1n) is 7.75. The molecule has 2 rings (SSSR count). The van der Waals surface area contributed by atoms with Gasteiger partial charge < -0.3 is 10.1 Å². The van der Waals surface area contributed by atoms with Crippen LogP contribution in [-0.2, 0) is 14.8 Å². The van der Waals surface area contributed by atoms with E-state index in [9.17, 15) is 36.5 Å². The summed E-state index contributed by atoms with van der Waals surface area (Å²) in [7, 11) is -3.90. The second-order valence-electron chi connectivity index (χ2n) is 5.68. The summed E-state index contributed by atoms with van der Waals surface area (Å²) in [5.74, 6) is -1.56. The lowest BCUT2D eigenvalue weighted by Gasteiger charge is -2.16. The fourth-order valence-electron chi connectivity index (χ4n) is 2.39. The number of halogens is 3. The number of ether oxygens (including phenoxy) is 1. The number of hydrogen-bond donors (Lipinski definition) is 1. The van der Waals surface area contributed by atoms with Crippen LogP contribution in [0.2, 0.25) is 0 Å². The molecule has 0 spiro atoms. The molecule has 0 atom stereocenters. The Morgan fingerprint density at radius 1 is 1.30 bits per heavy atom. The molecule has 0 aliphatic carbocycles. The number of carbonyl (C=O) groups is 1. The Kier molecular flexibility index (Phi) is 6.26. The first kappa shape index (κ1) is 20.9. The summed E-state index contributed by atoms with van der Waals surface area (Å²) >= 11 is 0. The van der Waals surface area contributed by atoms with Crippen LogP contribution in [0.3, 0.4) is 0 Å². The molecule has 0 unspecified atom stereocenters. The molecule has 0 radical (unpaired) electrons. The standard InChI is InChI=1S/C14H16F3N3O6S/c15-14(16,17)9-18-13(21)8-26-12-4-3-10(7-11(12)20(22)23)27(24,25)19-5-1-2-6-19/h3-4,7H,1-2,5-6,8-9H2,(H,18,21). The lowest BCUT2D eigenvalue weighted by Crippen LogP contribution is -2.36. The molecule has 9 nitrogen and oxygen atoms in total. The Morgan fingerprint density at radius 3 is 2.48 bits per heavy atom. The van der Waals surface area contributed by atoms with Crippen molar-refractivity contribution in [1.82, 2.24) is 9.62 Å². The average molecular weight is 411 g/mol. The number of alkyl halides is 3. The summed E-state index contributed by atoms with van der Waals surface area (Å²) in [5.41, 5.74) is -0.709. The molecule has 1 N–H and O–H groups in total. The molecule has 0 aromatic heterocycles. The number of amides is 1. The van der Waals surface area contributed by atoms with Gasteiger partial charge >= 0.3 is 11.9 Å². The van der Waals surface area contributed by atoms with Crippen LogP contribution in [0, 0.1) is 10.1 Å². The molecule has 150 valence electrons. The van der Waals surface area contributed by atoms with Gasteiger partial charge in [-0.2, -0.15) is 17.5 Å². The van der Waals surface area contributed by atoms with Crippen LogP contribution in [0.1, 0.15) is 12.8 Å². The molecule has 1 heterocycles. The van der Waals surface area contributed by atoms with E-state index in [1.165, 1.54) is 4.31 Å². The molecule has 27 heavy (non-hydrogen) atoms. The van der Waals surface area contributed by atoms with Gasteiger partial charge in [0.1, 0.15) is 6.54 Å². The first-order chi connectivity index (χ1) is 12.5. The predicted molar refractivity (Wildman–Crippen MR) is 85.6 cm³/mol. The van der Waals surface area contributed by atoms with Crippen molar-refractivity contribution in [3.8, 4) is 5.75 Å². The zero-order chi connectivity index (χ0) is 20.2. The van der Waals surface area contributed by atoms with Crippen LogP contribution in [0.4, 0.5) is 18.9 Å². The van der Waals surface area contributed by atoms with Gasteiger partial charge in [-0.3, -0.25) is 14.9 Å². The molecule has 13 heteroatoms. The Balaban J connectivity index is 2.14. The van der Waals surface area contributed by atoms with Gasteiger partial charge in [-0.1, -0.05) is 0 Å². The van der Waals surface area contributed by atoms with Crippen molar-refractivity contribution in [1.29, 1.82) is 0 Å². The lowest BCUT2D eigenvalue weighted by atomic mass is 10.3. The van der Waals surface area contributed by atoms with Crippen LogP contribution in [0.15, 0.2) is 23.1 Å². The van der Waals surface area contributed by atoms with Crippen molar-refractivity contribution >= 4 is 21.6 Å². The summed E-state index contributed by atoms with van der Waals surface area (Å²) in [6, 6.07) is 2.89. The Morgan fingerprint density at radius 2 is 1.93 bits per heavy atom. The Bertz CT molecular complexity index is 822. The van der Waals surface area contributed by atoms with Crippen LogP contribution in [0.25, 0.3) is 0 Å². The molecule has 0 bridgehead atoms. The fraction of sp³-hybridized carbons (Fsp3) is 0.500. The summed E-state index contributed by atoms with van der Waals surface area (Å²) < 4.78 is 67.1. The third-order valence-corrected chi connectivity index (χ3v) is 5.57. The number of nitro benzene ring substituents is 1. The molecule has 1 saturated heterocycles. The Labute approximate surface area is 152 Å². The summed E-state index contributed by atoms with van der Waals surface area (Å²) in [6.45, 7) is -1.83. The van der Waals surface area contributed by atoms with Gasteiger partial charge in [-0.25, -0.2) is 8.42 Å². The second-order valence-corrected chi connectivity index (χ2v) is 7.62. The van der Waals surface area contributed by atoms with Gasteiger partial charge in [-0.15, -0.1) is 0 Å². The Hall–Kier alpha value is -2.41. The minimum absolute atomic E-state index is 0.301. The molecule has 1 aliphatic heterocycles. The monoisotopic (exact) mass is 411 g/mol. The molecule has 1 aliphatic rings. The topological polar surface area (TPSA) is 119 Å². The van der Waals surface area contributed by atoms with Crippen LogP contribution in [-0.4, -0.2) is 56.0 Å². The van der Waals surface area contributed by atoms with Gasteiger partial charge in [0, 0.05) is 19.2 Å². The van der Waals surface area contributed by atoms with Gasteiger partial charge in [0.25, 0.3) is 5.91 Å². The van der Waals surface area contributed by atoms with Gasteiger partial charge in [-0.05, 0) is 25.0 Å². The minimum atomic E-state index is -4.60.